The third kappa shape index (κ3) is 6.79. The number of nitrogens with one attached hydrogen (secondary N) is 3. The van der Waals surface area contributed by atoms with Crippen LogP contribution in [0.25, 0.3) is 0 Å². The molecule has 0 heterocycles. The van der Waals surface area contributed by atoms with Crippen molar-refractivity contribution in [1.29, 1.82) is 0 Å². The highest BCUT2D eigenvalue weighted by Gasteiger charge is 2.16. The van der Waals surface area contributed by atoms with Gasteiger partial charge < -0.3 is 20.7 Å². The SMILES string of the molecule is CC(C)Oc1ccc(NC(=O)CNc2ccc(C(=O)NC3CCCCC3)cc2)cc1. The predicted molar refractivity (Wildman–Crippen MR) is 120 cm³/mol. The number of anilines is 2. The Balaban J connectivity index is 1.43. The summed E-state index contributed by atoms with van der Waals surface area (Å²) < 4.78 is 5.59. The van der Waals surface area contributed by atoms with Gasteiger partial charge in [0.1, 0.15) is 5.75 Å². The van der Waals surface area contributed by atoms with E-state index >= 15 is 0 Å². The number of benzene rings is 2. The third-order valence-corrected chi connectivity index (χ3v) is 5.05. The lowest BCUT2D eigenvalue weighted by Crippen LogP contribution is -2.36. The number of carbonyl (C=O) groups excluding carboxylic acids is 2. The van der Waals surface area contributed by atoms with Gasteiger partial charge in [-0.3, -0.25) is 9.59 Å². The van der Waals surface area contributed by atoms with E-state index in [9.17, 15) is 9.59 Å². The molecule has 30 heavy (non-hydrogen) atoms. The first-order valence-electron chi connectivity index (χ1n) is 10.7. The molecule has 0 atom stereocenters. The third-order valence-electron chi connectivity index (χ3n) is 5.05. The fraction of sp³-hybridized carbons (Fsp3) is 0.417. The van der Waals surface area contributed by atoms with Crippen LogP contribution < -0.4 is 20.7 Å². The Kier molecular flexibility index (Phi) is 7.71. The van der Waals surface area contributed by atoms with Crippen molar-refractivity contribution < 1.29 is 14.3 Å². The minimum atomic E-state index is -0.147. The highest BCUT2D eigenvalue weighted by molar-refractivity contribution is 5.95. The van der Waals surface area contributed by atoms with Gasteiger partial charge in [-0.2, -0.15) is 0 Å². The van der Waals surface area contributed by atoms with E-state index in [1.165, 1.54) is 19.3 Å². The molecule has 6 heteroatoms. The monoisotopic (exact) mass is 409 g/mol. The fourth-order valence-electron chi connectivity index (χ4n) is 3.53. The molecular formula is C24H31N3O3. The molecule has 0 unspecified atom stereocenters. The molecule has 3 N–H and O–H groups in total. The molecule has 2 aromatic carbocycles. The summed E-state index contributed by atoms with van der Waals surface area (Å²) in [6.45, 7) is 4.08. The van der Waals surface area contributed by atoms with E-state index in [1.54, 1.807) is 12.1 Å². The topological polar surface area (TPSA) is 79.5 Å². The molecule has 0 aromatic heterocycles. The van der Waals surface area contributed by atoms with Crippen molar-refractivity contribution in [2.75, 3.05) is 17.2 Å². The van der Waals surface area contributed by atoms with Crippen LogP contribution in [0.2, 0.25) is 0 Å². The zero-order valence-corrected chi connectivity index (χ0v) is 17.7. The van der Waals surface area contributed by atoms with E-state index in [1.807, 2.05) is 50.2 Å². The van der Waals surface area contributed by atoms with E-state index in [0.717, 1.165) is 24.3 Å². The van der Waals surface area contributed by atoms with Crippen molar-refractivity contribution in [2.24, 2.45) is 0 Å². The highest BCUT2D eigenvalue weighted by Crippen LogP contribution is 2.19. The van der Waals surface area contributed by atoms with Gasteiger partial charge in [-0.1, -0.05) is 19.3 Å². The lowest BCUT2D eigenvalue weighted by Gasteiger charge is -2.22. The van der Waals surface area contributed by atoms with Crippen molar-refractivity contribution in [2.45, 2.75) is 58.1 Å². The minimum absolute atomic E-state index is 0.0314. The molecule has 0 bridgehead atoms. The van der Waals surface area contributed by atoms with Crippen LogP contribution in [0.4, 0.5) is 11.4 Å². The number of rotatable bonds is 8. The van der Waals surface area contributed by atoms with E-state index in [4.69, 9.17) is 4.74 Å². The van der Waals surface area contributed by atoms with Gasteiger partial charge in [0.25, 0.3) is 5.91 Å². The van der Waals surface area contributed by atoms with Gasteiger partial charge in [-0.05, 0) is 75.2 Å². The molecule has 3 rings (SSSR count). The average Bonchev–Trinajstić information content (AvgIpc) is 2.74. The molecule has 1 aliphatic rings. The smallest absolute Gasteiger partial charge is 0.251 e. The number of hydrogen-bond donors (Lipinski definition) is 3. The maximum atomic E-state index is 12.4. The van der Waals surface area contributed by atoms with Crippen LogP contribution in [0.15, 0.2) is 48.5 Å². The first kappa shape index (κ1) is 21.7. The molecule has 0 saturated heterocycles. The highest BCUT2D eigenvalue weighted by atomic mass is 16.5. The summed E-state index contributed by atoms with van der Waals surface area (Å²) in [6, 6.07) is 14.8. The molecule has 160 valence electrons. The molecule has 2 aromatic rings. The molecule has 1 saturated carbocycles. The normalized spacial score (nSPS) is 14.2. The Morgan fingerprint density at radius 2 is 1.57 bits per heavy atom. The molecule has 1 aliphatic carbocycles. The Morgan fingerprint density at radius 3 is 2.20 bits per heavy atom. The summed E-state index contributed by atoms with van der Waals surface area (Å²) in [5.74, 6) is 0.594. The van der Waals surface area contributed by atoms with Gasteiger partial charge in [-0.15, -0.1) is 0 Å². The molecular weight excluding hydrogens is 378 g/mol. The van der Waals surface area contributed by atoms with Gasteiger partial charge in [0.2, 0.25) is 5.91 Å². The maximum Gasteiger partial charge on any atom is 0.251 e. The molecule has 1 fully saturated rings. The summed E-state index contributed by atoms with van der Waals surface area (Å²) in [5, 5.41) is 9.04. The standard InChI is InChI=1S/C24H31N3O3/c1-17(2)30-22-14-12-21(13-15-22)26-23(28)16-25-19-10-8-18(9-11-19)24(29)27-20-6-4-3-5-7-20/h8-15,17,20,25H,3-7,16H2,1-2H3,(H,26,28)(H,27,29). The Bertz CT molecular complexity index is 826. The molecule has 2 amide bonds. The molecule has 0 aliphatic heterocycles. The summed E-state index contributed by atoms with van der Waals surface area (Å²) in [7, 11) is 0. The zero-order valence-electron chi connectivity index (χ0n) is 17.7. The second-order valence-electron chi connectivity index (χ2n) is 7.98. The second-order valence-corrected chi connectivity index (χ2v) is 7.98. The van der Waals surface area contributed by atoms with E-state index in [0.29, 0.717) is 17.3 Å². The number of carbonyl (C=O) groups is 2. The Morgan fingerprint density at radius 1 is 0.933 bits per heavy atom. The van der Waals surface area contributed by atoms with Crippen LogP contribution in [-0.4, -0.2) is 30.5 Å². The molecule has 0 spiro atoms. The van der Waals surface area contributed by atoms with Gasteiger partial charge in [0.05, 0.1) is 12.6 Å². The molecule has 0 radical (unpaired) electrons. The predicted octanol–water partition coefficient (Wildman–Crippen LogP) is 4.59. The van der Waals surface area contributed by atoms with Gasteiger partial charge >= 0.3 is 0 Å². The lowest BCUT2D eigenvalue weighted by atomic mass is 9.95. The lowest BCUT2D eigenvalue weighted by molar-refractivity contribution is -0.114. The fourth-order valence-corrected chi connectivity index (χ4v) is 3.53. The number of amides is 2. The van der Waals surface area contributed by atoms with Crippen LogP contribution >= 0.6 is 0 Å². The summed E-state index contributed by atoms with van der Waals surface area (Å²) in [6.07, 6.45) is 5.87. The second kappa shape index (κ2) is 10.7. The van der Waals surface area contributed by atoms with Crippen molar-refractivity contribution in [3.05, 3.63) is 54.1 Å². The van der Waals surface area contributed by atoms with Crippen LogP contribution in [0, 0.1) is 0 Å². The van der Waals surface area contributed by atoms with Crippen molar-refractivity contribution >= 4 is 23.2 Å². The average molecular weight is 410 g/mol. The van der Waals surface area contributed by atoms with Crippen LogP contribution in [0.1, 0.15) is 56.3 Å². The van der Waals surface area contributed by atoms with Crippen LogP contribution in [0.3, 0.4) is 0 Å². The minimum Gasteiger partial charge on any atom is -0.491 e. The Hall–Kier alpha value is -3.02. The quantitative estimate of drug-likeness (QED) is 0.596. The van der Waals surface area contributed by atoms with Crippen molar-refractivity contribution in [3.8, 4) is 5.75 Å². The van der Waals surface area contributed by atoms with E-state index in [2.05, 4.69) is 16.0 Å². The largest absolute Gasteiger partial charge is 0.491 e. The van der Waals surface area contributed by atoms with Gasteiger partial charge in [-0.25, -0.2) is 0 Å². The van der Waals surface area contributed by atoms with Gasteiger partial charge in [0.15, 0.2) is 0 Å². The van der Waals surface area contributed by atoms with Crippen LogP contribution in [0.5, 0.6) is 5.75 Å². The molecule has 6 nitrogen and oxygen atoms in total. The summed E-state index contributed by atoms with van der Waals surface area (Å²) in [4.78, 5) is 24.5. The summed E-state index contributed by atoms with van der Waals surface area (Å²) >= 11 is 0. The first-order chi connectivity index (χ1) is 14.5. The van der Waals surface area contributed by atoms with Crippen molar-refractivity contribution in [3.63, 3.8) is 0 Å². The number of hydrogen-bond acceptors (Lipinski definition) is 4. The van der Waals surface area contributed by atoms with Gasteiger partial charge in [0, 0.05) is 23.0 Å². The first-order valence-corrected chi connectivity index (χ1v) is 10.7. The zero-order chi connectivity index (χ0) is 21.3. The Labute approximate surface area is 178 Å². The summed E-state index contributed by atoms with van der Waals surface area (Å²) in [5.41, 5.74) is 2.15. The van der Waals surface area contributed by atoms with Crippen LogP contribution in [-0.2, 0) is 4.79 Å². The van der Waals surface area contributed by atoms with Crippen molar-refractivity contribution in [1.82, 2.24) is 5.32 Å². The van der Waals surface area contributed by atoms with E-state index < -0.39 is 0 Å². The van der Waals surface area contributed by atoms with E-state index in [-0.39, 0.29) is 24.5 Å². The number of ether oxygens (including phenoxy) is 1. The maximum absolute atomic E-state index is 12.4.